The summed E-state index contributed by atoms with van der Waals surface area (Å²) in [6.07, 6.45) is 0.998. The average molecular weight is 268 g/mol. The Morgan fingerprint density at radius 1 is 1.39 bits per heavy atom. The highest BCUT2D eigenvalue weighted by atomic mass is 35.5. The van der Waals surface area contributed by atoms with E-state index in [2.05, 4.69) is 31.0 Å². The van der Waals surface area contributed by atoms with Gasteiger partial charge in [0.2, 0.25) is 0 Å². The predicted molar refractivity (Wildman–Crippen MR) is 78.3 cm³/mol. The third kappa shape index (κ3) is 6.80. The van der Waals surface area contributed by atoms with E-state index in [0.29, 0.717) is 12.6 Å². The van der Waals surface area contributed by atoms with Gasteiger partial charge < -0.3 is 10.1 Å². The molecule has 0 fully saturated rings. The Hall–Kier alpha value is -0.830. The van der Waals surface area contributed by atoms with Crippen molar-refractivity contribution in [3.8, 4) is 0 Å². The van der Waals surface area contributed by atoms with Crippen molar-refractivity contribution in [2.24, 2.45) is 0 Å². The van der Waals surface area contributed by atoms with E-state index < -0.39 is 0 Å². The van der Waals surface area contributed by atoms with Crippen molar-refractivity contribution < 1.29 is 4.74 Å². The second-order valence-corrected chi connectivity index (χ2v) is 5.13. The highest BCUT2D eigenvalue weighted by Crippen LogP contribution is 2.10. The number of rotatable bonds is 8. The molecule has 18 heavy (non-hydrogen) atoms. The standard InChI is InChI=1S/C15H22ClNO/c1-12(2)11-18-9-8-17-13(3)10-14-4-6-15(16)7-5-14/h4-7,13,17H,1,8-11H2,2-3H3. The van der Waals surface area contributed by atoms with Gasteiger partial charge in [0, 0.05) is 17.6 Å². The lowest BCUT2D eigenvalue weighted by Crippen LogP contribution is -2.31. The second-order valence-electron chi connectivity index (χ2n) is 4.70. The maximum absolute atomic E-state index is 5.85. The molecule has 1 unspecified atom stereocenters. The largest absolute Gasteiger partial charge is 0.376 e. The first kappa shape index (κ1) is 15.2. The summed E-state index contributed by atoms with van der Waals surface area (Å²) in [7, 11) is 0. The predicted octanol–water partition coefficient (Wildman–Crippen LogP) is 3.45. The lowest BCUT2D eigenvalue weighted by atomic mass is 10.1. The summed E-state index contributed by atoms with van der Waals surface area (Å²) in [5.74, 6) is 0. The molecule has 1 rings (SSSR count). The van der Waals surface area contributed by atoms with Crippen molar-refractivity contribution in [1.29, 1.82) is 0 Å². The van der Waals surface area contributed by atoms with Crippen molar-refractivity contribution in [3.05, 3.63) is 47.0 Å². The Morgan fingerprint density at radius 3 is 2.67 bits per heavy atom. The molecule has 0 aliphatic rings. The van der Waals surface area contributed by atoms with Gasteiger partial charge in [-0.2, -0.15) is 0 Å². The highest BCUT2D eigenvalue weighted by Gasteiger charge is 2.02. The van der Waals surface area contributed by atoms with Crippen molar-refractivity contribution in [2.75, 3.05) is 19.8 Å². The van der Waals surface area contributed by atoms with Crippen molar-refractivity contribution in [2.45, 2.75) is 26.3 Å². The molecular weight excluding hydrogens is 246 g/mol. The van der Waals surface area contributed by atoms with Crippen LogP contribution in [0.5, 0.6) is 0 Å². The summed E-state index contributed by atoms with van der Waals surface area (Å²) in [6, 6.07) is 8.43. The van der Waals surface area contributed by atoms with Crippen LogP contribution in [0.15, 0.2) is 36.4 Å². The van der Waals surface area contributed by atoms with Gasteiger partial charge >= 0.3 is 0 Å². The summed E-state index contributed by atoms with van der Waals surface area (Å²) < 4.78 is 5.43. The first-order valence-electron chi connectivity index (χ1n) is 6.28. The number of benzene rings is 1. The van der Waals surface area contributed by atoms with Crippen molar-refractivity contribution >= 4 is 11.6 Å². The summed E-state index contributed by atoms with van der Waals surface area (Å²) >= 11 is 5.85. The maximum atomic E-state index is 5.85. The first-order valence-corrected chi connectivity index (χ1v) is 6.65. The minimum absolute atomic E-state index is 0.430. The molecule has 3 heteroatoms. The lowest BCUT2D eigenvalue weighted by Gasteiger charge is -2.14. The Morgan fingerprint density at radius 2 is 2.06 bits per heavy atom. The molecule has 0 saturated carbocycles. The maximum Gasteiger partial charge on any atom is 0.0672 e. The summed E-state index contributed by atoms with van der Waals surface area (Å²) in [4.78, 5) is 0. The van der Waals surface area contributed by atoms with Crippen LogP contribution in [0.4, 0.5) is 0 Å². The lowest BCUT2D eigenvalue weighted by molar-refractivity contribution is 0.156. The van der Waals surface area contributed by atoms with E-state index >= 15 is 0 Å². The SMILES string of the molecule is C=C(C)COCCNC(C)Cc1ccc(Cl)cc1. The van der Waals surface area contributed by atoms with Gasteiger partial charge in [-0.1, -0.05) is 35.9 Å². The Labute approximate surface area is 115 Å². The number of nitrogens with one attached hydrogen (secondary N) is 1. The van der Waals surface area contributed by atoms with Crippen LogP contribution in [0.2, 0.25) is 5.02 Å². The molecule has 0 amide bonds. The van der Waals surface area contributed by atoms with Crippen LogP contribution in [-0.4, -0.2) is 25.8 Å². The molecule has 1 aromatic rings. The molecule has 100 valence electrons. The molecule has 1 N–H and O–H groups in total. The molecule has 1 atom stereocenters. The molecule has 0 heterocycles. The van der Waals surface area contributed by atoms with Crippen LogP contribution in [0.1, 0.15) is 19.4 Å². The van der Waals surface area contributed by atoms with Crippen LogP contribution in [0, 0.1) is 0 Å². The normalized spacial score (nSPS) is 12.4. The van der Waals surface area contributed by atoms with Gasteiger partial charge in [0.15, 0.2) is 0 Å². The molecule has 0 aromatic heterocycles. The fourth-order valence-corrected chi connectivity index (χ4v) is 1.80. The highest BCUT2D eigenvalue weighted by molar-refractivity contribution is 6.30. The fourth-order valence-electron chi connectivity index (χ4n) is 1.67. The topological polar surface area (TPSA) is 21.3 Å². The van der Waals surface area contributed by atoms with Gasteiger partial charge in [-0.25, -0.2) is 0 Å². The van der Waals surface area contributed by atoms with Crippen LogP contribution < -0.4 is 5.32 Å². The molecule has 0 radical (unpaired) electrons. The molecule has 2 nitrogen and oxygen atoms in total. The third-order valence-electron chi connectivity index (χ3n) is 2.54. The van der Waals surface area contributed by atoms with Gasteiger partial charge in [0.1, 0.15) is 0 Å². The molecule has 0 aliphatic heterocycles. The van der Waals surface area contributed by atoms with Gasteiger partial charge in [0.25, 0.3) is 0 Å². The van der Waals surface area contributed by atoms with Crippen molar-refractivity contribution in [3.63, 3.8) is 0 Å². The van der Waals surface area contributed by atoms with E-state index in [-0.39, 0.29) is 0 Å². The number of hydrogen-bond acceptors (Lipinski definition) is 2. The van der Waals surface area contributed by atoms with E-state index in [1.807, 2.05) is 19.1 Å². The summed E-state index contributed by atoms with van der Waals surface area (Å²) in [5.41, 5.74) is 2.35. The van der Waals surface area contributed by atoms with E-state index in [4.69, 9.17) is 16.3 Å². The van der Waals surface area contributed by atoms with Gasteiger partial charge in [-0.15, -0.1) is 0 Å². The zero-order chi connectivity index (χ0) is 13.4. The minimum Gasteiger partial charge on any atom is -0.376 e. The smallest absolute Gasteiger partial charge is 0.0672 e. The number of hydrogen-bond donors (Lipinski definition) is 1. The monoisotopic (exact) mass is 267 g/mol. The van der Waals surface area contributed by atoms with Crippen LogP contribution in [0.3, 0.4) is 0 Å². The minimum atomic E-state index is 0.430. The van der Waals surface area contributed by atoms with Gasteiger partial charge in [-0.3, -0.25) is 0 Å². The quantitative estimate of drug-likeness (QED) is 0.575. The first-order chi connectivity index (χ1) is 8.58. The summed E-state index contributed by atoms with van der Waals surface area (Å²) in [6.45, 7) is 10.2. The summed E-state index contributed by atoms with van der Waals surface area (Å²) in [5, 5.41) is 4.22. The van der Waals surface area contributed by atoms with E-state index in [9.17, 15) is 0 Å². The van der Waals surface area contributed by atoms with Crippen LogP contribution in [-0.2, 0) is 11.2 Å². The zero-order valence-corrected chi connectivity index (χ0v) is 12.0. The number of halogens is 1. The Balaban J connectivity index is 2.15. The molecular formula is C15H22ClNO. The van der Waals surface area contributed by atoms with Crippen LogP contribution in [0.25, 0.3) is 0 Å². The fraction of sp³-hybridized carbons (Fsp3) is 0.467. The van der Waals surface area contributed by atoms with E-state index in [1.54, 1.807) is 0 Å². The molecule has 0 bridgehead atoms. The van der Waals surface area contributed by atoms with E-state index in [1.165, 1.54) is 5.56 Å². The third-order valence-corrected chi connectivity index (χ3v) is 2.79. The zero-order valence-electron chi connectivity index (χ0n) is 11.2. The van der Waals surface area contributed by atoms with Gasteiger partial charge in [-0.05, 0) is 38.0 Å². The molecule has 0 aliphatic carbocycles. The molecule has 0 saturated heterocycles. The van der Waals surface area contributed by atoms with E-state index in [0.717, 1.165) is 30.2 Å². The average Bonchev–Trinajstić information content (AvgIpc) is 2.31. The van der Waals surface area contributed by atoms with Gasteiger partial charge in [0.05, 0.1) is 13.2 Å². The Bertz CT molecular complexity index is 361. The number of ether oxygens (including phenoxy) is 1. The Kier molecular flexibility index (Phi) is 7.02. The van der Waals surface area contributed by atoms with Crippen LogP contribution >= 0.6 is 11.6 Å². The second kappa shape index (κ2) is 8.30. The molecule has 0 spiro atoms. The van der Waals surface area contributed by atoms with Crippen molar-refractivity contribution in [1.82, 2.24) is 5.32 Å². The molecule has 1 aromatic carbocycles.